The van der Waals surface area contributed by atoms with Crippen LogP contribution >= 0.6 is 11.3 Å². The zero-order chi connectivity index (χ0) is 13.8. The summed E-state index contributed by atoms with van der Waals surface area (Å²) in [6, 6.07) is 5.71. The first-order valence-electron chi connectivity index (χ1n) is 5.78. The average molecular weight is 276 g/mol. The van der Waals surface area contributed by atoms with Crippen molar-refractivity contribution in [1.82, 2.24) is 4.98 Å². The van der Waals surface area contributed by atoms with Crippen LogP contribution in [0.4, 0.5) is 5.69 Å². The van der Waals surface area contributed by atoms with Gasteiger partial charge in [-0.3, -0.25) is 0 Å². The van der Waals surface area contributed by atoms with Gasteiger partial charge in [0.25, 0.3) is 0 Å². The molecular weight excluding hydrogens is 260 g/mol. The highest BCUT2D eigenvalue weighted by atomic mass is 32.1. The number of rotatable bonds is 4. The fourth-order valence-corrected chi connectivity index (χ4v) is 2.49. The van der Waals surface area contributed by atoms with E-state index < -0.39 is 0 Å². The first kappa shape index (κ1) is 13.4. The normalized spacial score (nSPS) is 11.6. The van der Waals surface area contributed by atoms with E-state index >= 15 is 0 Å². The summed E-state index contributed by atoms with van der Waals surface area (Å²) in [5, 5.41) is 13.7. The van der Waals surface area contributed by atoms with Crippen LogP contribution in [-0.4, -0.2) is 23.1 Å². The van der Waals surface area contributed by atoms with Gasteiger partial charge in [-0.1, -0.05) is 5.16 Å². The predicted molar refractivity (Wildman–Crippen MR) is 77.9 cm³/mol. The van der Waals surface area contributed by atoms with Crippen molar-refractivity contribution in [2.24, 2.45) is 10.9 Å². The Morgan fingerprint density at radius 3 is 2.89 bits per heavy atom. The van der Waals surface area contributed by atoms with Crippen molar-refractivity contribution in [3.8, 4) is 0 Å². The highest BCUT2D eigenvalue weighted by Crippen LogP contribution is 2.21. The monoisotopic (exact) mass is 276 g/mol. The summed E-state index contributed by atoms with van der Waals surface area (Å²) >= 11 is 1.59. The first-order valence-corrected chi connectivity index (χ1v) is 6.73. The van der Waals surface area contributed by atoms with E-state index in [1.165, 1.54) is 0 Å². The zero-order valence-electron chi connectivity index (χ0n) is 10.9. The van der Waals surface area contributed by atoms with Crippen LogP contribution in [0.5, 0.6) is 0 Å². The molecule has 0 saturated carbocycles. The molecule has 0 amide bonds. The van der Waals surface area contributed by atoms with E-state index in [9.17, 15) is 0 Å². The number of aromatic nitrogens is 1. The zero-order valence-corrected chi connectivity index (χ0v) is 11.7. The van der Waals surface area contributed by atoms with Crippen LogP contribution in [0, 0.1) is 6.92 Å². The van der Waals surface area contributed by atoms with Gasteiger partial charge in [0.1, 0.15) is 0 Å². The van der Waals surface area contributed by atoms with Gasteiger partial charge in [-0.05, 0) is 30.7 Å². The molecule has 0 fully saturated rings. The Hall–Kier alpha value is -2.08. The molecule has 0 unspecified atom stereocenters. The number of anilines is 1. The number of benzene rings is 1. The van der Waals surface area contributed by atoms with Crippen molar-refractivity contribution in [2.45, 2.75) is 13.5 Å². The SMILES string of the molecule is Cc1cc(/C(N)=N/O)ccc1N(C)Cc1cscn1. The molecule has 0 aliphatic carbocycles. The lowest BCUT2D eigenvalue weighted by Gasteiger charge is -2.21. The molecule has 1 aromatic heterocycles. The second-order valence-electron chi connectivity index (χ2n) is 4.32. The van der Waals surface area contributed by atoms with Crippen LogP contribution in [0.15, 0.2) is 34.2 Å². The second kappa shape index (κ2) is 5.71. The fourth-order valence-electron chi connectivity index (χ4n) is 1.94. The number of hydrogen-bond donors (Lipinski definition) is 2. The van der Waals surface area contributed by atoms with E-state index in [1.807, 2.05) is 43.1 Å². The maximum absolute atomic E-state index is 8.67. The van der Waals surface area contributed by atoms with Crippen LogP contribution in [0.3, 0.4) is 0 Å². The molecule has 0 atom stereocenters. The first-order chi connectivity index (χ1) is 9.11. The molecular formula is C13H16N4OS. The fraction of sp³-hybridized carbons (Fsp3) is 0.231. The Balaban J connectivity index is 2.21. The number of hydrogen-bond acceptors (Lipinski definition) is 5. The molecule has 100 valence electrons. The number of aryl methyl sites for hydroxylation is 1. The van der Waals surface area contributed by atoms with E-state index in [2.05, 4.69) is 15.0 Å². The Morgan fingerprint density at radius 2 is 2.32 bits per heavy atom. The number of nitrogens with zero attached hydrogens (tertiary/aromatic N) is 3. The number of oxime groups is 1. The minimum absolute atomic E-state index is 0.122. The molecule has 3 N–H and O–H groups in total. The molecule has 2 aromatic rings. The topological polar surface area (TPSA) is 74.7 Å². The Kier molecular flexibility index (Phi) is 4.01. The highest BCUT2D eigenvalue weighted by molar-refractivity contribution is 7.07. The van der Waals surface area contributed by atoms with Crippen molar-refractivity contribution in [3.05, 3.63) is 45.9 Å². The molecule has 0 radical (unpaired) electrons. The maximum Gasteiger partial charge on any atom is 0.170 e. The lowest BCUT2D eigenvalue weighted by Crippen LogP contribution is -2.19. The lowest BCUT2D eigenvalue weighted by atomic mass is 10.1. The summed E-state index contributed by atoms with van der Waals surface area (Å²) in [6.07, 6.45) is 0. The third-order valence-electron chi connectivity index (χ3n) is 2.89. The molecule has 5 nitrogen and oxygen atoms in total. The van der Waals surface area contributed by atoms with E-state index in [0.29, 0.717) is 5.56 Å². The van der Waals surface area contributed by atoms with Gasteiger partial charge >= 0.3 is 0 Å². The standard InChI is InChI=1S/C13H16N4OS/c1-9-5-10(13(14)16-18)3-4-12(9)17(2)6-11-7-19-8-15-11/h3-5,7-8,18H,6H2,1-2H3,(H2,14,16). The van der Waals surface area contributed by atoms with Crippen molar-refractivity contribution >= 4 is 22.9 Å². The molecule has 0 aliphatic heterocycles. The van der Waals surface area contributed by atoms with Gasteiger partial charge in [-0.2, -0.15) is 0 Å². The van der Waals surface area contributed by atoms with Crippen LogP contribution in [0.25, 0.3) is 0 Å². The molecule has 1 aromatic carbocycles. The van der Waals surface area contributed by atoms with E-state index in [4.69, 9.17) is 10.9 Å². The largest absolute Gasteiger partial charge is 0.409 e. The summed E-state index contributed by atoms with van der Waals surface area (Å²) < 4.78 is 0. The van der Waals surface area contributed by atoms with Gasteiger partial charge in [0.15, 0.2) is 5.84 Å². The summed E-state index contributed by atoms with van der Waals surface area (Å²) in [6.45, 7) is 2.76. The van der Waals surface area contributed by atoms with Crippen molar-refractivity contribution in [1.29, 1.82) is 0 Å². The smallest absolute Gasteiger partial charge is 0.170 e. The third kappa shape index (κ3) is 3.03. The van der Waals surface area contributed by atoms with Crippen molar-refractivity contribution < 1.29 is 5.21 Å². The number of thiazole rings is 1. The Morgan fingerprint density at radius 1 is 1.53 bits per heavy atom. The van der Waals surface area contributed by atoms with E-state index in [-0.39, 0.29) is 5.84 Å². The minimum Gasteiger partial charge on any atom is -0.409 e. The molecule has 0 bridgehead atoms. The molecule has 0 spiro atoms. The Bertz CT molecular complexity index is 580. The van der Waals surface area contributed by atoms with Crippen molar-refractivity contribution in [2.75, 3.05) is 11.9 Å². The quantitative estimate of drug-likeness (QED) is 0.388. The van der Waals surface area contributed by atoms with Gasteiger partial charge in [0.05, 0.1) is 17.7 Å². The third-order valence-corrected chi connectivity index (χ3v) is 3.53. The van der Waals surface area contributed by atoms with E-state index in [0.717, 1.165) is 23.5 Å². The minimum atomic E-state index is 0.122. The summed E-state index contributed by atoms with van der Waals surface area (Å²) in [7, 11) is 2.02. The maximum atomic E-state index is 8.67. The highest BCUT2D eigenvalue weighted by Gasteiger charge is 2.08. The number of nitrogens with two attached hydrogens (primary N) is 1. The average Bonchev–Trinajstić information content (AvgIpc) is 2.90. The molecule has 0 aliphatic rings. The van der Waals surface area contributed by atoms with Gasteiger partial charge < -0.3 is 15.8 Å². The molecule has 0 saturated heterocycles. The predicted octanol–water partition coefficient (Wildman–Crippen LogP) is 2.18. The lowest BCUT2D eigenvalue weighted by molar-refractivity contribution is 0.318. The summed E-state index contributed by atoms with van der Waals surface area (Å²) in [5.41, 5.74) is 11.3. The van der Waals surface area contributed by atoms with E-state index in [1.54, 1.807) is 11.3 Å². The molecule has 1 heterocycles. The van der Waals surface area contributed by atoms with Crippen LogP contribution in [0.2, 0.25) is 0 Å². The second-order valence-corrected chi connectivity index (χ2v) is 5.04. The van der Waals surface area contributed by atoms with Gasteiger partial charge in [-0.15, -0.1) is 11.3 Å². The van der Waals surface area contributed by atoms with Gasteiger partial charge in [-0.25, -0.2) is 4.98 Å². The van der Waals surface area contributed by atoms with Gasteiger partial charge in [0.2, 0.25) is 0 Å². The molecule has 19 heavy (non-hydrogen) atoms. The molecule has 6 heteroatoms. The molecule has 2 rings (SSSR count). The van der Waals surface area contributed by atoms with Crippen LogP contribution < -0.4 is 10.6 Å². The number of amidine groups is 1. The van der Waals surface area contributed by atoms with Crippen LogP contribution in [0.1, 0.15) is 16.8 Å². The van der Waals surface area contributed by atoms with Gasteiger partial charge in [0, 0.05) is 23.7 Å². The van der Waals surface area contributed by atoms with Crippen LogP contribution in [-0.2, 0) is 6.54 Å². The summed E-state index contributed by atoms with van der Waals surface area (Å²) in [4.78, 5) is 6.40. The Labute approximate surface area is 116 Å². The summed E-state index contributed by atoms with van der Waals surface area (Å²) in [5.74, 6) is 0.122. The van der Waals surface area contributed by atoms with Crippen molar-refractivity contribution in [3.63, 3.8) is 0 Å².